The number of aromatic carboxylic acids is 1. The van der Waals surface area contributed by atoms with Gasteiger partial charge in [-0.15, -0.1) is 0 Å². The molecule has 0 aliphatic heterocycles. The highest BCUT2D eigenvalue weighted by Crippen LogP contribution is 2.23. The third kappa shape index (κ3) is 2.01. The normalized spacial score (nSPS) is 11.1. The van der Waals surface area contributed by atoms with Gasteiger partial charge in [-0.3, -0.25) is 4.79 Å². The summed E-state index contributed by atoms with van der Waals surface area (Å²) in [5.41, 5.74) is 0.475. The Morgan fingerprint density at radius 2 is 2.05 bits per heavy atom. The Labute approximate surface area is 118 Å². The molecule has 0 unspecified atom stereocenters. The van der Waals surface area contributed by atoms with Gasteiger partial charge in [0.15, 0.2) is 11.1 Å². The molecule has 0 radical (unpaired) electrons. The third-order valence-corrected chi connectivity index (χ3v) is 3.33. The molecule has 0 fully saturated rings. The predicted octanol–water partition coefficient (Wildman–Crippen LogP) is 2.31. The van der Waals surface area contributed by atoms with E-state index in [1.807, 2.05) is 13.0 Å². The minimum absolute atomic E-state index is 0.0342. The minimum atomic E-state index is -1.34. The number of hydrogen-bond donors (Lipinski definition) is 2. The molecule has 0 aliphatic carbocycles. The van der Waals surface area contributed by atoms with E-state index >= 15 is 0 Å². The number of aromatic nitrogens is 1. The van der Waals surface area contributed by atoms with E-state index in [2.05, 4.69) is 4.98 Å². The van der Waals surface area contributed by atoms with Gasteiger partial charge in [-0.1, -0.05) is 13.0 Å². The largest absolute Gasteiger partial charge is 0.493 e. The molecule has 3 rings (SSSR count). The first kappa shape index (κ1) is 13.1. The van der Waals surface area contributed by atoms with Crippen LogP contribution in [0.1, 0.15) is 22.8 Å². The Bertz CT molecular complexity index is 942. The van der Waals surface area contributed by atoms with Crippen molar-refractivity contribution in [2.24, 2.45) is 0 Å². The molecule has 2 aromatic heterocycles. The van der Waals surface area contributed by atoms with Gasteiger partial charge in [-0.25, -0.2) is 9.78 Å². The van der Waals surface area contributed by atoms with Crippen LogP contribution >= 0.6 is 0 Å². The second kappa shape index (κ2) is 4.59. The molecular weight excluding hydrogens is 274 g/mol. The smallest absolute Gasteiger partial charge is 0.341 e. The van der Waals surface area contributed by atoms with Crippen molar-refractivity contribution in [2.45, 2.75) is 13.3 Å². The van der Waals surface area contributed by atoms with E-state index in [4.69, 9.17) is 9.52 Å². The van der Waals surface area contributed by atoms with Crippen LogP contribution in [0.5, 0.6) is 5.88 Å². The lowest BCUT2D eigenvalue weighted by molar-refractivity contribution is 0.0693. The van der Waals surface area contributed by atoms with Crippen LogP contribution in [0, 0.1) is 0 Å². The molecule has 3 aromatic rings. The molecule has 0 bridgehead atoms. The van der Waals surface area contributed by atoms with E-state index in [9.17, 15) is 14.7 Å². The van der Waals surface area contributed by atoms with Gasteiger partial charge in [0, 0.05) is 6.07 Å². The number of fused-ring (bicyclic) bond motifs is 2. The van der Waals surface area contributed by atoms with E-state index in [0.717, 1.165) is 18.1 Å². The van der Waals surface area contributed by atoms with E-state index in [1.54, 1.807) is 12.1 Å². The van der Waals surface area contributed by atoms with Gasteiger partial charge in [0.25, 0.3) is 0 Å². The number of carbonyl (C=O) groups is 1. The van der Waals surface area contributed by atoms with E-state index < -0.39 is 22.8 Å². The van der Waals surface area contributed by atoms with Gasteiger partial charge in [-0.2, -0.15) is 0 Å². The van der Waals surface area contributed by atoms with E-state index in [1.165, 1.54) is 0 Å². The van der Waals surface area contributed by atoms with Gasteiger partial charge >= 0.3 is 5.97 Å². The Morgan fingerprint density at radius 3 is 2.71 bits per heavy atom. The van der Waals surface area contributed by atoms with Crippen molar-refractivity contribution in [3.05, 3.63) is 45.6 Å². The summed E-state index contributed by atoms with van der Waals surface area (Å²) in [5, 5.41) is 18.9. The molecule has 0 spiro atoms. The van der Waals surface area contributed by atoms with Crippen LogP contribution < -0.4 is 5.43 Å². The molecule has 2 N–H and O–H groups in total. The number of benzene rings is 1. The first-order chi connectivity index (χ1) is 10.0. The molecule has 0 saturated carbocycles. The Morgan fingerprint density at radius 1 is 1.29 bits per heavy atom. The van der Waals surface area contributed by atoms with Crippen molar-refractivity contribution in [1.82, 2.24) is 4.98 Å². The summed E-state index contributed by atoms with van der Waals surface area (Å²) in [6, 6.07) is 6.32. The van der Waals surface area contributed by atoms with Crippen molar-refractivity contribution >= 4 is 28.0 Å². The lowest BCUT2D eigenvalue weighted by Crippen LogP contribution is -2.07. The fourth-order valence-corrected chi connectivity index (χ4v) is 2.19. The molecule has 106 valence electrons. The van der Waals surface area contributed by atoms with Crippen LogP contribution in [-0.4, -0.2) is 21.2 Å². The average Bonchev–Trinajstić information content (AvgIpc) is 2.47. The summed E-state index contributed by atoms with van der Waals surface area (Å²) in [7, 11) is 0. The van der Waals surface area contributed by atoms with Crippen LogP contribution in [0.25, 0.3) is 22.1 Å². The first-order valence-corrected chi connectivity index (χ1v) is 6.34. The number of carboxylic acid groups (broad SMARTS) is 1. The zero-order chi connectivity index (χ0) is 15.1. The van der Waals surface area contributed by atoms with Crippen molar-refractivity contribution in [3.63, 3.8) is 0 Å². The van der Waals surface area contributed by atoms with Gasteiger partial charge in [0.1, 0.15) is 11.1 Å². The van der Waals surface area contributed by atoms with Gasteiger partial charge in [0.2, 0.25) is 11.3 Å². The predicted molar refractivity (Wildman–Crippen MR) is 75.8 cm³/mol. The zero-order valence-electron chi connectivity index (χ0n) is 11.1. The standard InChI is InChI=1S/C15H11NO5/c1-2-7-3-4-10-8(5-7)13(17)12-11(21-10)6-9(15(19)20)14(18)16-12/h3-6H,2H2,1H3,(H,16,18)(H,19,20). The molecule has 1 aromatic carbocycles. The average molecular weight is 285 g/mol. The summed E-state index contributed by atoms with van der Waals surface area (Å²) in [4.78, 5) is 27.1. The molecule has 2 heterocycles. The maximum atomic E-state index is 12.4. The minimum Gasteiger partial charge on any atom is -0.493 e. The Kier molecular flexibility index (Phi) is 2.86. The van der Waals surface area contributed by atoms with Crippen LogP contribution in [-0.2, 0) is 6.42 Å². The molecule has 0 saturated heterocycles. The molecule has 21 heavy (non-hydrogen) atoms. The maximum Gasteiger partial charge on any atom is 0.341 e. The Hall–Kier alpha value is -2.89. The molecule has 0 amide bonds. The maximum absolute atomic E-state index is 12.4. The fourth-order valence-electron chi connectivity index (χ4n) is 2.19. The lowest BCUT2D eigenvalue weighted by atomic mass is 10.1. The van der Waals surface area contributed by atoms with Crippen LogP contribution in [0.3, 0.4) is 0 Å². The number of rotatable bonds is 2. The number of nitrogens with zero attached hydrogens (tertiary/aromatic N) is 1. The highest BCUT2D eigenvalue weighted by Gasteiger charge is 2.17. The number of pyridine rings is 1. The lowest BCUT2D eigenvalue weighted by Gasteiger charge is -2.04. The third-order valence-electron chi connectivity index (χ3n) is 3.33. The van der Waals surface area contributed by atoms with E-state index in [-0.39, 0.29) is 11.1 Å². The quantitative estimate of drug-likeness (QED) is 0.701. The first-order valence-electron chi connectivity index (χ1n) is 6.34. The number of aromatic hydroxyl groups is 1. The summed E-state index contributed by atoms with van der Waals surface area (Å²) in [6.07, 6.45) is 0.768. The Balaban J connectivity index is 2.44. The molecule has 6 heteroatoms. The van der Waals surface area contributed by atoms with Gasteiger partial charge in [0.05, 0.1) is 5.39 Å². The van der Waals surface area contributed by atoms with Gasteiger partial charge in [-0.05, 0) is 24.1 Å². The van der Waals surface area contributed by atoms with Crippen LogP contribution in [0.4, 0.5) is 0 Å². The number of hydrogen-bond acceptors (Lipinski definition) is 5. The zero-order valence-corrected chi connectivity index (χ0v) is 11.1. The SMILES string of the molecule is CCc1ccc2oc3cc(C(=O)O)c(O)nc3c(=O)c2c1. The van der Waals surface area contributed by atoms with Crippen LogP contribution in [0.2, 0.25) is 0 Å². The van der Waals surface area contributed by atoms with E-state index in [0.29, 0.717) is 11.0 Å². The van der Waals surface area contributed by atoms with Crippen LogP contribution in [0.15, 0.2) is 33.5 Å². The highest BCUT2D eigenvalue weighted by atomic mass is 16.4. The second-order valence-electron chi connectivity index (χ2n) is 4.63. The van der Waals surface area contributed by atoms with Crippen molar-refractivity contribution in [2.75, 3.05) is 0 Å². The van der Waals surface area contributed by atoms with Crippen molar-refractivity contribution in [3.8, 4) is 5.88 Å². The summed E-state index contributed by atoms with van der Waals surface area (Å²) >= 11 is 0. The summed E-state index contributed by atoms with van der Waals surface area (Å²) < 4.78 is 5.54. The van der Waals surface area contributed by atoms with Gasteiger partial charge < -0.3 is 14.6 Å². The fraction of sp³-hybridized carbons (Fsp3) is 0.133. The monoisotopic (exact) mass is 285 g/mol. The topological polar surface area (TPSA) is 101 Å². The van der Waals surface area contributed by atoms with Crippen molar-refractivity contribution in [1.29, 1.82) is 0 Å². The van der Waals surface area contributed by atoms with Crippen molar-refractivity contribution < 1.29 is 19.4 Å². The molecule has 0 atom stereocenters. The molecule has 0 aliphatic rings. The summed E-state index contributed by atoms with van der Waals surface area (Å²) in [6.45, 7) is 1.97. The molecular formula is C15H11NO5. The number of aryl methyl sites for hydroxylation is 1. The second-order valence-corrected chi connectivity index (χ2v) is 4.63. The number of carboxylic acids is 1. The summed E-state index contributed by atoms with van der Waals surface area (Å²) in [5.74, 6) is -2.04. The molecule has 6 nitrogen and oxygen atoms in total. The highest BCUT2D eigenvalue weighted by molar-refractivity contribution is 5.95.